The molecule has 2 amide bonds. The van der Waals surface area contributed by atoms with Crippen molar-refractivity contribution in [2.24, 2.45) is 7.05 Å². The molecule has 1 aromatic heterocycles. The van der Waals surface area contributed by atoms with Gasteiger partial charge in [-0.15, -0.1) is 0 Å². The van der Waals surface area contributed by atoms with E-state index >= 15 is 0 Å². The van der Waals surface area contributed by atoms with E-state index in [0.29, 0.717) is 5.69 Å². The topological polar surface area (TPSA) is 59.0 Å². The third-order valence-electron chi connectivity index (χ3n) is 3.56. The fraction of sp³-hybridized carbons (Fsp3) is 0.111. The van der Waals surface area contributed by atoms with Crippen molar-refractivity contribution in [3.05, 3.63) is 64.8 Å². The van der Waals surface area contributed by atoms with Gasteiger partial charge in [0, 0.05) is 24.0 Å². The fourth-order valence-electron chi connectivity index (χ4n) is 2.50. The van der Waals surface area contributed by atoms with E-state index in [-0.39, 0.29) is 6.03 Å². The number of benzene rings is 2. The zero-order chi connectivity index (χ0) is 17.1. The lowest BCUT2D eigenvalue weighted by molar-refractivity contribution is 0.262. The Morgan fingerprint density at radius 3 is 2.38 bits per heavy atom. The van der Waals surface area contributed by atoms with Gasteiger partial charge in [-0.25, -0.2) is 4.79 Å². The van der Waals surface area contributed by atoms with E-state index in [1.165, 1.54) is 0 Å². The molecule has 0 saturated carbocycles. The molecule has 0 spiro atoms. The van der Waals surface area contributed by atoms with E-state index in [0.717, 1.165) is 27.0 Å². The van der Waals surface area contributed by atoms with Gasteiger partial charge in [0.1, 0.15) is 0 Å². The van der Waals surface area contributed by atoms with Crippen LogP contribution >= 0.6 is 15.9 Å². The molecular formula is C18H17BrN4O. The van der Waals surface area contributed by atoms with Gasteiger partial charge < -0.3 is 10.6 Å². The number of carbonyl (C=O) groups excluding carboxylic acids is 1. The Morgan fingerprint density at radius 2 is 1.75 bits per heavy atom. The van der Waals surface area contributed by atoms with Crippen molar-refractivity contribution in [1.82, 2.24) is 9.78 Å². The Bertz CT molecular complexity index is 869. The first kappa shape index (κ1) is 16.3. The summed E-state index contributed by atoms with van der Waals surface area (Å²) in [6.45, 7) is 1.98. The molecule has 3 rings (SSSR count). The van der Waals surface area contributed by atoms with Gasteiger partial charge in [-0.1, -0.05) is 24.3 Å². The van der Waals surface area contributed by atoms with Gasteiger partial charge >= 0.3 is 6.03 Å². The van der Waals surface area contributed by atoms with Crippen LogP contribution in [0, 0.1) is 6.92 Å². The number of rotatable bonds is 3. The number of hydrogen-bond acceptors (Lipinski definition) is 2. The molecule has 122 valence electrons. The molecule has 0 radical (unpaired) electrons. The van der Waals surface area contributed by atoms with Crippen molar-refractivity contribution in [2.75, 3.05) is 10.6 Å². The minimum Gasteiger partial charge on any atom is -0.308 e. The smallest absolute Gasteiger partial charge is 0.308 e. The number of aromatic nitrogens is 2. The number of carbonyl (C=O) groups is 1. The Morgan fingerprint density at radius 1 is 1.08 bits per heavy atom. The summed E-state index contributed by atoms with van der Waals surface area (Å²) in [7, 11) is 1.88. The van der Waals surface area contributed by atoms with Crippen LogP contribution in [0.25, 0.3) is 11.3 Å². The summed E-state index contributed by atoms with van der Waals surface area (Å²) in [4.78, 5) is 12.2. The second-order valence-corrected chi connectivity index (χ2v) is 6.35. The Hall–Kier alpha value is -2.60. The summed E-state index contributed by atoms with van der Waals surface area (Å²) in [5, 5.41) is 9.90. The minimum atomic E-state index is -0.276. The molecule has 0 bridgehead atoms. The van der Waals surface area contributed by atoms with Crippen molar-refractivity contribution in [1.29, 1.82) is 0 Å². The first-order valence-corrected chi connectivity index (χ1v) is 8.25. The van der Waals surface area contributed by atoms with Crippen LogP contribution in [0.2, 0.25) is 0 Å². The summed E-state index contributed by atoms with van der Waals surface area (Å²) in [6, 6.07) is 15.0. The van der Waals surface area contributed by atoms with Gasteiger partial charge in [0.05, 0.1) is 16.4 Å². The predicted molar refractivity (Wildman–Crippen MR) is 100 cm³/mol. The van der Waals surface area contributed by atoms with Crippen molar-refractivity contribution in [3.8, 4) is 11.3 Å². The van der Waals surface area contributed by atoms with Gasteiger partial charge in [0.2, 0.25) is 0 Å². The number of anilines is 2. The Kier molecular flexibility index (Phi) is 4.66. The van der Waals surface area contributed by atoms with Crippen molar-refractivity contribution in [2.45, 2.75) is 6.92 Å². The summed E-state index contributed by atoms with van der Waals surface area (Å²) < 4.78 is 2.70. The van der Waals surface area contributed by atoms with E-state index in [4.69, 9.17) is 0 Å². The maximum Gasteiger partial charge on any atom is 0.323 e. The Labute approximate surface area is 148 Å². The highest BCUT2D eigenvalue weighted by atomic mass is 79.9. The van der Waals surface area contributed by atoms with Crippen LogP contribution in [0.4, 0.5) is 16.2 Å². The quantitative estimate of drug-likeness (QED) is 0.680. The first-order valence-electron chi connectivity index (χ1n) is 7.45. The van der Waals surface area contributed by atoms with Crippen molar-refractivity contribution >= 4 is 33.3 Å². The third-order valence-corrected chi connectivity index (χ3v) is 4.14. The molecule has 2 aromatic carbocycles. The van der Waals surface area contributed by atoms with E-state index in [1.807, 2.05) is 62.5 Å². The van der Waals surface area contributed by atoms with Crippen molar-refractivity contribution < 1.29 is 4.79 Å². The van der Waals surface area contributed by atoms with E-state index in [9.17, 15) is 4.79 Å². The molecule has 0 aliphatic rings. The average molecular weight is 385 g/mol. The SMILES string of the molecule is Cc1cccc(NC(=O)Nc2cccc(-c3c(Br)cnn3C)c2)c1. The molecular weight excluding hydrogens is 368 g/mol. The third kappa shape index (κ3) is 3.65. The van der Waals surface area contributed by atoms with Crippen LogP contribution in [-0.2, 0) is 7.05 Å². The van der Waals surface area contributed by atoms with Crippen LogP contribution in [0.5, 0.6) is 0 Å². The monoisotopic (exact) mass is 384 g/mol. The number of aryl methyl sites for hydroxylation is 2. The van der Waals surface area contributed by atoms with Gasteiger partial charge in [-0.2, -0.15) is 5.10 Å². The van der Waals surface area contributed by atoms with E-state index in [1.54, 1.807) is 10.9 Å². The lowest BCUT2D eigenvalue weighted by Crippen LogP contribution is -2.19. The average Bonchev–Trinajstić information content (AvgIpc) is 2.86. The normalized spacial score (nSPS) is 10.5. The zero-order valence-electron chi connectivity index (χ0n) is 13.4. The largest absolute Gasteiger partial charge is 0.323 e. The van der Waals surface area contributed by atoms with E-state index < -0.39 is 0 Å². The first-order chi connectivity index (χ1) is 11.5. The molecule has 0 fully saturated rings. The van der Waals surface area contributed by atoms with Crippen LogP contribution in [0.1, 0.15) is 5.56 Å². The number of amides is 2. The fourth-order valence-corrected chi connectivity index (χ4v) is 3.07. The molecule has 0 saturated heterocycles. The number of nitrogens with zero attached hydrogens (tertiary/aromatic N) is 2. The summed E-state index contributed by atoms with van der Waals surface area (Å²) >= 11 is 3.50. The number of urea groups is 1. The van der Waals surface area contributed by atoms with E-state index in [2.05, 4.69) is 31.7 Å². The summed E-state index contributed by atoms with van der Waals surface area (Å²) in [6.07, 6.45) is 1.75. The predicted octanol–water partition coefficient (Wildman–Crippen LogP) is 4.80. The lowest BCUT2D eigenvalue weighted by atomic mass is 10.1. The maximum atomic E-state index is 12.2. The molecule has 24 heavy (non-hydrogen) atoms. The van der Waals surface area contributed by atoms with Gasteiger partial charge in [-0.3, -0.25) is 4.68 Å². The molecule has 5 nitrogen and oxygen atoms in total. The molecule has 1 heterocycles. The molecule has 6 heteroatoms. The lowest BCUT2D eigenvalue weighted by Gasteiger charge is -2.10. The van der Waals surface area contributed by atoms with Gasteiger partial charge in [0.25, 0.3) is 0 Å². The standard InChI is InChI=1S/C18H17BrN4O/c1-12-5-3-7-14(9-12)21-18(24)22-15-8-4-6-13(10-15)17-16(19)11-20-23(17)2/h3-11H,1-2H3,(H2,21,22,24). The van der Waals surface area contributed by atoms with Gasteiger partial charge in [0.15, 0.2) is 0 Å². The molecule has 0 aliphatic heterocycles. The molecule has 2 N–H and O–H groups in total. The number of halogens is 1. The van der Waals surface area contributed by atoms with Crippen LogP contribution in [0.15, 0.2) is 59.2 Å². The maximum absolute atomic E-state index is 12.2. The second kappa shape index (κ2) is 6.88. The number of hydrogen-bond donors (Lipinski definition) is 2. The Balaban J connectivity index is 1.76. The van der Waals surface area contributed by atoms with Crippen LogP contribution in [-0.4, -0.2) is 15.8 Å². The highest BCUT2D eigenvalue weighted by molar-refractivity contribution is 9.10. The number of nitrogens with one attached hydrogen (secondary N) is 2. The molecule has 0 unspecified atom stereocenters. The highest BCUT2D eigenvalue weighted by Gasteiger charge is 2.10. The summed E-state index contributed by atoms with van der Waals surface area (Å²) in [5.41, 5.74) is 4.49. The summed E-state index contributed by atoms with van der Waals surface area (Å²) in [5.74, 6) is 0. The second-order valence-electron chi connectivity index (χ2n) is 5.49. The van der Waals surface area contributed by atoms with Crippen LogP contribution in [0.3, 0.4) is 0 Å². The zero-order valence-corrected chi connectivity index (χ0v) is 15.0. The highest BCUT2D eigenvalue weighted by Crippen LogP contribution is 2.29. The van der Waals surface area contributed by atoms with Crippen LogP contribution < -0.4 is 10.6 Å². The minimum absolute atomic E-state index is 0.276. The molecule has 3 aromatic rings. The van der Waals surface area contributed by atoms with Crippen molar-refractivity contribution in [3.63, 3.8) is 0 Å². The molecule has 0 atom stereocenters. The molecule has 0 aliphatic carbocycles. The van der Waals surface area contributed by atoms with Gasteiger partial charge in [-0.05, 0) is 52.7 Å².